The van der Waals surface area contributed by atoms with Crippen molar-refractivity contribution in [2.45, 2.75) is 232 Å². The molecule has 6 rings (SSSR count). The summed E-state index contributed by atoms with van der Waals surface area (Å²) in [4.78, 5) is 244. The largest absolute Gasteiger partial charge is 0.481 e. The first-order valence-electron chi connectivity index (χ1n) is 38.8. The quantitative estimate of drug-likeness (QED) is 0.0494. The van der Waals surface area contributed by atoms with E-state index in [9.17, 15) is 86.6 Å². The number of hydrogen-bond donors (Lipinski definition) is 5. The van der Waals surface area contributed by atoms with Crippen molar-refractivity contribution in [1.29, 1.82) is 0 Å². The van der Waals surface area contributed by atoms with E-state index in [1.807, 2.05) is 46.4 Å². The van der Waals surface area contributed by atoms with Crippen molar-refractivity contribution in [3.8, 4) is 5.75 Å². The number of Topliss-reactive ketones (excluding diaryl/α,β-unsaturated/α-hetero) is 5. The zero-order valence-corrected chi connectivity index (χ0v) is 69.8. The molecule has 0 aliphatic carbocycles. The van der Waals surface area contributed by atoms with E-state index in [1.165, 1.54) is 44.4 Å². The molecule has 3 saturated heterocycles. The predicted molar refractivity (Wildman–Crippen MR) is 420 cm³/mol. The van der Waals surface area contributed by atoms with Gasteiger partial charge < -0.3 is 50.2 Å². The lowest BCUT2D eigenvalue weighted by Crippen LogP contribution is -2.50. The first kappa shape index (κ1) is 93.7. The average molecular weight is 1640 g/mol. The van der Waals surface area contributed by atoms with Crippen molar-refractivity contribution < 1.29 is 106 Å². The number of carbonyl (C=O) groups is 17. The van der Waals surface area contributed by atoms with Crippen LogP contribution in [0.25, 0.3) is 0 Å². The van der Waals surface area contributed by atoms with Crippen molar-refractivity contribution in [1.82, 2.24) is 40.5 Å². The number of ether oxygens (including phenoxy) is 4. The molecule has 12 atom stereocenters. The number of fused-ring (bicyclic) bond motifs is 6. The number of benzene rings is 1. The molecule has 1 aromatic carbocycles. The number of nitrogens with zero attached hydrogens (tertiary/aromatic N) is 5. The normalized spacial score (nSPS) is 23.2. The van der Waals surface area contributed by atoms with Crippen molar-refractivity contribution >= 4 is 141 Å². The fraction of sp³-hybridized carbons (Fsp3) is 0.671. The van der Waals surface area contributed by atoms with Crippen LogP contribution in [-0.4, -0.2) is 236 Å². The topological polar surface area (TPSA) is 421 Å². The van der Waals surface area contributed by atoms with E-state index < -0.39 is 178 Å². The third-order valence-electron chi connectivity index (χ3n) is 21.5. The number of carbonyl (C=O) groups excluding carboxylic acids is 16. The van der Waals surface area contributed by atoms with E-state index in [-0.39, 0.29) is 180 Å². The Bertz CT molecular complexity index is 3820. The van der Waals surface area contributed by atoms with Crippen molar-refractivity contribution in [2.75, 3.05) is 71.1 Å². The number of anilines is 1. The van der Waals surface area contributed by atoms with E-state index in [2.05, 4.69) is 26.3 Å². The molecular weight excluding hydrogens is 1520 g/mol. The number of rotatable bonds is 21. The zero-order valence-electron chi connectivity index (χ0n) is 67.3. The summed E-state index contributed by atoms with van der Waals surface area (Å²) in [6.07, 6.45) is -3.81. The van der Waals surface area contributed by atoms with Crippen LogP contribution in [0.2, 0.25) is 0 Å². The van der Waals surface area contributed by atoms with Crippen LogP contribution in [0.1, 0.15) is 206 Å². The minimum absolute atomic E-state index is 0.00664. The Kier molecular flexibility index (Phi) is 36.5. The summed E-state index contributed by atoms with van der Waals surface area (Å²) >= 11 is 3.29. The molecule has 9 amide bonds. The highest BCUT2D eigenvalue weighted by atomic mass is 32.2. The standard InChI is InChI=1S/C79H113N9O22S3/c1-15-45(6)54(37-65(94)79(10,11)85(12)13)75(102)86(14)58(44(4)5)38-62(109-48(9)89)74-83-57(41-111-74)73(101)81-50(32-46(7)78(105)106)33-49-20-21-61-56(34-49)82-71(99)47(8)80-72(100)53(43(2)3)35-52(91)24-30-107-29-17-19-60(93)70-55(59(92)18-16-28-108-31-25-69(98)110-61)36-51(90)22-26-87-67(96)39-63(76(87)103)112-42-113-64-40-68(97)88(77(64)104)27-23-66(95)84-70/h20-21,34,41,43-47,50,53-55,58,62-64,70H,15-19,22-33,35-40,42H2,1-14H3,(H,80,100)(H,81,101)(H,82,99)(H,84,95)(H,105,106)/t45-,46?,47?,50+,53?,54-,55?,58+,62+,63?,64?,70?/m0/s1. The molecule has 624 valence electrons. The molecule has 34 heteroatoms. The minimum Gasteiger partial charge on any atom is -0.481 e. The maximum Gasteiger partial charge on any atom is 0.313 e. The second-order valence-corrected chi connectivity index (χ2v) is 34.7. The van der Waals surface area contributed by atoms with Gasteiger partial charge in [-0.15, -0.1) is 34.9 Å². The van der Waals surface area contributed by atoms with Crippen LogP contribution in [0.5, 0.6) is 5.75 Å². The minimum atomic E-state index is -1.63. The van der Waals surface area contributed by atoms with Crippen LogP contribution in [0.3, 0.4) is 0 Å². The summed E-state index contributed by atoms with van der Waals surface area (Å²) in [6.45, 7) is 17.5. The monoisotopic (exact) mass is 1640 g/mol. The molecule has 3 fully saturated rings. The summed E-state index contributed by atoms with van der Waals surface area (Å²) in [5.74, 6) is -15.6. The van der Waals surface area contributed by atoms with E-state index in [0.29, 0.717) is 12.0 Å². The summed E-state index contributed by atoms with van der Waals surface area (Å²) in [7, 11) is 5.27. The van der Waals surface area contributed by atoms with Crippen LogP contribution in [0, 0.1) is 41.4 Å². The third-order valence-corrected chi connectivity index (χ3v) is 25.0. The van der Waals surface area contributed by atoms with Gasteiger partial charge in [0.05, 0.1) is 59.2 Å². The number of aromatic nitrogens is 1. The number of hydrogen-bond acceptors (Lipinski definition) is 26. The zero-order chi connectivity index (χ0) is 83.9. The average Bonchev–Trinajstić information content (AvgIpc) is 1.79. The van der Waals surface area contributed by atoms with E-state index in [4.69, 9.17) is 18.9 Å². The number of nitrogens with one attached hydrogen (secondary N) is 4. The molecule has 4 bridgehead atoms. The number of esters is 2. The van der Waals surface area contributed by atoms with Crippen molar-refractivity contribution in [3.05, 3.63) is 39.8 Å². The molecule has 5 N–H and O–H groups in total. The van der Waals surface area contributed by atoms with E-state index in [0.717, 1.165) is 44.7 Å². The number of carboxylic acids is 1. The molecule has 0 radical (unpaired) electrons. The highest BCUT2D eigenvalue weighted by molar-refractivity contribution is 8.17. The number of carboxylic acid groups (broad SMARTS) is 1. The van der Waals surface area contributed by atoms with Gasteiger partial charge in [0.25, 0.3) is 5.91 Å². The lowest BCUT2D eigenvalue weighted by molar-refractivity contribution is -0.150. The maximum atomic E-state index is 14.6. The lowest BCUT2D eigenvalue weighted by Gasteiger charge is -2.38. The molecule has 4 aliphatic rings. The molecule has 4 aliphatic heterocycles. The fourth-order valence-electron chi connectivity index (χ4n) is 13.6. The van der Waals surface area contributed by atoms with Crippen LogP contribution in [-0.2, 0) is 97.3 Å². The molecule has 7 unspecified atom stereocenters. The number of ketones is 5. The van der Waals surface area contributed by atoms with Gasteiger partial charge in [-0.25, -0.2) is 4.98 Å². The number of amides is 9. The summed E-state index contributed by atoms with van der Waals surface area (Å²) < 4.78 is 23.3. The first-order chi connectivity index (χ1) is 53.2. The highest BCUT2D eigenvalue weighted by Crippen LogP contribution is 2.37. The Morgan fingerprint density at radius 3 is 1.93 bits per heavy atom. The molecule has 113 heavy (non-hydrogen) atoms. The second kappa shape index (κ2) is 44.1. The molecule has 0 saturated carbocycles. The number of thioether (sulfide) groups is 2. The summed E-state index contributed by atoms with van der Waals surface area (Å²) in [6, 6.07) is -0.0807. The van der Waals surface area contributed by atoms with Gasteiger partial charge >= 0.3 is 17.9 Å². The van der Waals surface area contributed by atoms with Crippen LogP contribution < -0.4 is 26.0 Å². The van der Waals surface area contributed by atoms with Crippen LogP contribution >= 0.6 is 34.9 Å². The predicted octanol–water partition coefficient (Wildman–Crippen LogP) is 6.67. The number of likely N-dealkylation sites (N-methyl/N-ethyl adjacent to an activating group) is 1. The fourth-order valence-corrected chi connectivity index (χ4v) is 17.1. The lowest BCUT2D eigenvalue weighted by atomic mass is 9.81. The van der Waals surface area contributed by atoms with Gasteiger partial charge in [0, 0.05) is 145 Å². The number of imide groups is 2. The highest BCUT2D eigenvalue weighted by Gasteiger charge is 2.45. The van der Waals surface area contributed by atoms with Gasteiger partial charge in [0.1, 0.15) is 34.1 Å². The third kappa shape index (κ3) is 27.5. The molecular formula is C79H113N9O22S3. The Morgan fingerprint density at radius 1 is 0.743 bits per heavy atom. The van der Waals surface area contributed by atoms with Gasteiger partial charge in [-0.2, -0.15) is 0 Å². The van der Waals surface area contributed by atoms with Gasteiger partial charge in [0.15, 0.2) is 23.4 Å². The first-order valence-corrected chi connectivity index (χ1v) is 41.7. The Balaban J connectivity index is 1.25. The SMILES string of the molecule is CC[C@H](C)[C@H](CC(=O)C(C)(C)N(C)C)C(=O)N(C)[C@H](C[C@@H](OC(C)=O)c1nc(C(=O)N[C@@H](Cc2ccc3c(c2)NC(=O)C(C)NC(=O)C(C(C)C)CC(=O)CCOCCCC(=O)C2NC(=O)CCN4C(=O)CC(SCSC5CC(=O)N(CCC(=O)CC2C(=O)CCCOCCC(=O)O3)C5=O)C4=O)CC(C)C(=O)O)cs1)C(C)C. The molecule has 2 aromatic rings. The van der Waals surface area contributed by atoms with Gasteiger partial charge in [-0.1, -0.05) is 61.0 Å². The molecule has 5 heterocycles. The van der Waals surface area contributed by atoms with E-state index in [1.54, 1.807) is 39.9 Å². The smallest absolute Gasteiger partial charge is 0.313 e. The maximum absolute atomic E-state index is 14.6. The Morgan fingerprint density at radius 2 is 1.35 bits per heavy atom. The number of thiazole rings is 1. The summed E-state index contributed by atoms with van der Waals surface area (Å²) in [5, 5.41) is 21.4. The van der Waals surface area contributed by atoms with Gasteiger partial charge in [-0.05, 0) is 96.0 Å². The number of aliphatic carboxylic acids is 1. The van der Waals surface area contributed by atoms with Gasteiger partial charge in [-0.3, -0.25) is 96.2 Å². The molecule has 0 spiro atoms. The van der Waals surface area contributed by atoms with Crippen LogP contribution in [0.15, 0.2) is 23.6 Å². The second-order valence-electron chi connectivity index (χ2n) is 31.1. The van der Waals surface area contributed by atoms with Crippen molar-refractivity contribution in [3.63, 3.8) is 0 Å². The van der Waals surface area contributed by atoms with Crippen molar-refractivity contribution in [2.24, 2.45) is 41.4 Å². The molecule has 31 nitrogen and oxygen atoms in total. The summed E-state index contributed by atoms with van der Waals surface area (Å²) in [5.41, 5.74) is -0.655. The van der Waals surface area contributed by atoms with Gasteiger partial charge in [0.2, 0.25) is 47.3 Å². The van der Waals surface area contributed by atoms with E-state index >= 15 is 0 Å². The Hall–Kier alpha value is -8.18. The molecule has 1 aromatic heterocycles. The Labute approximate surface area is 672 Å². The van der Waals surface area contributed by atoms with Crippen LogP contribution in [0.4, 0.5) is 5.69 Å².